The van der Waals surface area contributed by atoms with Crippen molar-refractivity contribution < 1.29 is 24.4 Å². The van der Waals surface area contributed by atoms with Gasteiger partial charge in [0.05, 0.1) is 12.5 Å². The molecular formula is C19H27BN2O5. The van der Waals surface area contributed by atoms with Crippen molar-refractivity contribution in [3.8, 4) is 0 Å². The molecule has 7 nitrogen and oxygen atoms in total. The molecule has 1 fully saturated rings. The van der Waals surface area contributed by atoms with Crippen LogP contribution in [-0.4, -0.2) is 48.7 Å². The molecule has 2 heterocycles. The number of Topliss-reactive ketones (excluding diaryl/α,β-unsaturated/α-hetero) is 1. The van der Waals surface area contributed by atoms with E-state index in [1.807, 2.05) is 13.1 Å². The van der Waals surface area contributed by atoms with Gasteiger partial charge in [-0.1, -0.05) is 18.2 Å². The van der Waals surface area contributed by atoms with E-state index < -0.39 is 19.2 Å². The van der Waals surface area contributed by atoms with Crippen LogP contribution >= 0.6 is 0 Å². The zero-order chi connectivity index (χ0) is 19.4. The number of carbonyl (C=O) groups excluding carboxylic acids is 1. The number of likely N-dealkylation sites (N-methyl/N-ethyl adjacent to an activating group) is 1. The van der Waals surface area contributed by atoms with Gasteiger partial charge in [0.25, 0.3) is 0 Å². The number of nitrogens with one attached hydrogen (secondary N) is 2. The Balaban J connectivity index is 1.52. The van der Waals surface area contributed by atoms with Gasteiger partial charge in [0.15, 0.2) is 0 Å². The van der Waals surface area contributed by atoms with Gasteiger partial charge in [0.1, 0.15) is 5.78 Å². The van der Waals surface area contributed by atoms with Gasteiger partial charge in [0, 0.05) is 37.8 Å². The summed E-state index contributed by atoms with van der Waals surface area (Å²) in [4.78, 5) is 23.2. The van der Waals surface area contributed by atoms with Gasteiger partial charge >= 0.3 is 13.1 Å². The largest absolute Gasteiger partial charge is 0.481 e. The Bertz CT molecular complexity index is 699. The van der Waals surface area contributed by atoms with Crippen LogP contribution in [0.1, 0.15) is 48.4 Å². The van der Waals surface area contributed by atoms with Crippen molar-refractivity contribution in [1.29, 1.82) is 0 Å². The highest BCUT2D eigenvalue weighted by atomic mass is 16.5. The van der Waals surface area contributed by atoms with Gasteiger partial charge in [-0.15, -0.1) is 0 Å². The molecule has 8 heteroatoms. The van der Waals surface area contributed by atoms with E-state index in [9.17, 15) is 14.6 Å². The van der Waals surface area contributed by atoms with Crippen LogP contribution in [0.25, 0.3) is 0 Å². The van der Waals surface area contributed by atoms with Crippen LogP contribution in [0.15, 0.2) is 18.2 Å². The maximum Gasteiger partial charge on any atom is 0.458 e. The van der Waals surface area contributed by atoms with E-state index in [0.717, 1.165) is 18.7 Å². The number of benzene rings is 1. The van der Waals surface area contributed by atoms with Crippen molar-refractivity contribution in [3.05, 3.63) is 34.9 Å². The fraction of sp³-hybridized carbons (Fsp3) is 0.579. The average Bonchev–Trinajstić information content (AvgIpc) is 2.99. The number of rotatable bonds is 8. The molecule has 1 aromatic rings. The molecule has 146 valence electrons. The molecule has 0 amide bonds. The first kappa shape index (κ1) is 20.0. The van der Waals surface area contributed by atoms with Gasteiger partial charge in [-0.2, -0.15) is 0 Å². The second-order valence-electron chi connectivity index (χ2n) is 7.53. The first-order valence-corrected chi connectivity index (χ1v) is 9.53. The summed E-state index contributed by atoms with van der Waals surface area (Å²) in [6.07, 6.45) is 1.15. The third-order valence-electron chi connectivity index (χ3n) is 5.42. The monoisotopic (exact) mass is 374 g/mol. The normalized spacial score (nSPS) is 24.7. The third kappa shape index (κ3) is 5.16. The van der Waals surface area contributed by atoms with Gasteiger partial charge in [-0.3, -0.25) is 9.59 Å². The van der Waals surface area contributed by atoms with Crippen LogP contribution in [0.3, 0.4) is 0 Å². The highest BCUT2D eigenvalue weighted by Crippen LogP contribution is 2.31. The minimum absolute atomic E-state index is 0.0667. The highest BCUT2D eigenvalue weighted by molar-refractivity contribution is 6.45. The van der Waals surface area contributed by atoms with E-state index in [4.69, 9.17) is 9.76 Å². The Morgan fingerprint density at radius 1 is 1.33 bits per heavy atom. The van der Waals surface area contributed by atoms with E-state index in [-0.39, 0.29) is 24.4 Å². The van der Waals surface area contributed by atoms with Crippen molar-refractivity contribution in [2.24, 2.45) is 0 Å². The van der Waals surface area contributed by atoms with Crippen molar-refractivity contribution in [1.82, 2.24) is 10.6 Å². The summed E-state index contributed by atoms with van der Waals surface area (Å²) in [5.74, 6) is -1.14. The summed E-state index contributed by atoms with van der Waals surface area (Å²) in [6, 6.07) is 6.49. The number of fused-ring (bicyclic) bond motifs is 1. The first-order valence-electron chi connectivity index (χ1n) is 9.53. The lowest BCUT2D eigenvalue weighted by atomic mass is 9.64. The van der Waals surface area contributed by atoms with E-state index >= 15 is 0 Å². The molecule has 3 rings (SSSR count). The first-order chi connectivity index (χ1) is 13.0. The molecule has 1 unspecified atom stereocenters. The van der Waals surface area contributed by atoms with Crippen molar-refractivity contribution >= 4 is 18.9 Å². The SMILES string of the molecule is CNCC1NCc2cc(CC(=O)C[C@H]3CC[C@@H](CC(=O)O)OB3O)ccc21. The molecule has 27 heavy (non-hydrogen) atoms. The van der Waals surface area contributed by atoms with E-state index in [0.29, 0.717) is 25.3 Å². The molecule has 4 N–H and O–H groups in total. The van der Waals surface area contributed by atoms with Crippen LogP contribution in [0, 0.1) is 0 Å². The lowest BCUT2D eigenvalue weighted by molar-refractivity contribution is -0.139. The van der Waals surface area contributed by atoms with Gasteiger partial charge in [0.2, 0.25) is 0 Å². The van der Waals surface area contributed by atoms with Gasteiger partial charge in [-0.05, 0) is 36.6 Å². The molecule has 1 saturated heterocycles. The quantitative estimate of drug-likeness (QED) is 0.504. The fourth-order valence-electron chi connectivity index (χ4n) is 4.05. The Hall–Kier alpha value is -1.74. The summed E-state index contributed by atoms with van der Waals surface area (Å²) in [6.45, 7) is 1.68. The van der Waals surface area contributed by atoms with Crippen LogP contribution < -0.4 is 10.6 Å². The molecule has 0 aromatic heterocycles. The summed E-state index contributed by atoms with van der Waals surface area (Å²) < 4.78 is 5.36. The van der Waals surface area contributed by atoms with E-state index in [1.165, 1.54) is 11.1 Å². The van der Waals surface area contributed by atoms with Crippen molar-refractivity contribution in [3.63, 3.8) is 0 Å². The minimum Gasteiger partial charge on any atom is -0.481 e. The Morgan fingerprint density at radius 2 is 2.15 bits per heavy atom. The minimum atomic E-state index is -1.07. The smallest absolute Gasteiger partial charge is 0.458 e. The van der Waals surface area contributed by atoms with Crippen LogP contribution in [-0.2, 0) is 27.2 Å². The second kappa shape index (κ2) is 8.97. The average molecular weight is 374 g/mol. The Morgan fingerprint density at radius 3 is 2.85 bits per heavy atom. The predicted molar refractivity (Wildman–Crippen MR) is 101 cm³/mol. The summed E-state index contributed by atoms with van der Waals surface area (Å²) in [7, 11) is 0.860. The maximum atomic E-state index is 12.5. The number of carboxylic acids is 1. The Labute approximate surface area is 159 Å². The molecule has 2 aliphatic heterocycles. The molecular weight excluding hydrogens is 347 g/mol. The molecule has 0 saturated carbocycles. The number of carboxylic acid groups (broad SMARTS) is 1. The van der Waals surface area contributed by atoms with Gasteiger partial charge in [-0.25, -0.2) is 0 Å². The number of aliphatic carboxylic acids is 1. The predicted octanol–water partition coefficient (Wildman–Crippen LogP) is 1.06. The van der Waals surface area contributed by atoms with Crippen molar-refractivity contribution in [2.75, 3.05) is 13.6 Å². The standard InChI is InChI=1S/C19H27BN2O5/c1-21-11-18-17-5-2-12(6-13(17)10-22-18)7-15(23)8-14-3-4-16(9-19(24)25)27-20(14)26/h2,5-6,14,16,18,21-22,26H,3-4,7-11H2,1H3,(H,24,25)/t14-,16+,18?/m1/s1. The zero-order valence-corrected chi connectivity index (χ0v) is 15.6. The molecule has 3 atom stereocenters. The number of hydrogen-bond acceptors (Lipinski definition) is 6. The number of hydrogen-bond donors (Lipinski definition) is 4. The van der Waals surface area contributed by atoms with Gasteiger partial charge < -0.3 is 25.4 Å². The third-order valence-corrected chi connectivity index (χ3v) is 5.42. The highest BCUT2D eigenvalue weighted by Gasteiger charge is 2.36. The van der Waals surface area contributed by atoms with Crippen LogP contribution in [0.5, 0.6) is 0 Å². The lowest BCUT2D eigenvalue weighted by Crippen LogP contribution is -2.38. The number of ketones is 1. The number of carbonyl (C=O) groups is 2. The molecule has 0 bridgehead atoms. The summed E-state index contributed by atoms with van der Waals surface area (Å²) in [5.41, 5.74) is 3.50. The Kier molecular flexibility index (Phi) is 6.65. The maximum absolute atomic E-state index is 12.5. The van der Waals surface area contributed by atoms with Crippen LogP contribution in [0.2, 0.25) is 5.82 Å². The molecule has 2 aliphatic rings. The lowest BCUT2D eigenvalue weighted by Gasteiger charge is -2.30. The second-order valence-corrected chi connectivity index (χ2v) is 7.53. The van der Waals surface area contributed by atoms with E-state index in [1.54, 1.807) is 0 Å². The van der Waals surface area contributed by atoms with E-state index in [2.05, 4.69) is 22.8 Å². The van der Waals surface area contributed by atoms with Crippen LogP contribution in [0.4, 0.5) is 0 Å². The zero-order valence-electron chi connectivity index (χ0n) is 15.6. The molecule has 0 radical (unpaired) electrons. The molecule has 0 spiro atoms. The summed E-state index contributed by atoms with van der Waals surface area (Å²) >= 11 is 0. The molecule has 1 aromatic carbocycles. The molecule has 0 aliphatic carbocycles. The van der Waals surface area contributed by atoms with Crippen molar-refractivity contribution in [2.45, 2.75) is 56.6 Å². The summed E-state index contributed by atoms with van der Waals surface area (Å²) in [5, 5.41) is 25.5. The fourth-order valence-corrected chi connectivity index (χ4v) is 4.05. The topological polar surface area (TPSA) is 108 Å².